The predicted octanol–water partition coefficient (Wildman–Crippen LogP) is 3.08. The summed E-state index contributed by atoms with van der Waals surface area (Å²) >= 11 is 1.68. The number of carbonyl (C=O) groups is 1. The summed E-state index contributed by atoms with van der Waals surface area (Å²) in [4.78, 5) is 14.0. The van der Waals surface area contributed by atoms with Gasteiger partial charge < -0.3 is 10.2 Å². The van der Waals surface area contributed by atoms with Gasteiger partial charge in [-0.15, -0.1) is 0 Å². The molecule has 0 aliphatic rings. The fourth-order valence-corrected chi connectivity index (χ4v) is 2.62. The molecule has 0 atom stereocenters. The van der Waals surface area contributed by atoms with Gasteiger partial charge in [0, 0.05) is 25.2 Å². The average molecular weight is 299 g/mol. The largest absolute Gasteiger partial charge is 0.326 e. The highest BCUT2D eigenvalue weighted by Gasteiger charge is 2.06. The standard InChI is InChI=1S/C16H17N3OS/c1-19(11-14-6-8-21-12-14)7-5-16(20)18-15-4-2-3-13(9-15)10-17/h2-4,6,8-9,12H,5,7,11H2,1H3,(H,18,20). The van der Waals surface area contributed by atoms with Crippen LogP contribution in [-0.4, -0.2) is 24.4 Å². The van der Waals surface area contributed by atoms with Crippen LogP contribution in [0.1, 0.15) is 17.5 Å². The van der Waals surface area contributed by atoms with Crippen LogP contribution in [-0.2, 0) is 11.3 Å². The second-order valence-electron chi connectivity index (χ2n) is 4.86. The number of benzene rings is 1. The highest BCUT2D eigenvalue weighted by atomic mass is 32.1. The lowest BCUT2D eigenvalue weighted by atomic mass is 10.2. The van der Waals surface area contributed by atoms with Crippen LogP contribution in [0.5, 0.6) is 0 Å². The molecule has 1 N–H and O–H groups in total. The molecule has 0 saturated carbocycles. The normalized spacial score (nSPS) is 10.3. The maximum absolute atomic E-state index is 11.9. The number of hydrogen-bond donors (Lipinski definition) is 1. The molecule has 0 aliphatic heterocycles. The molecule has 4 nitrogen and oxygen atoms in total. The lowest BCUT2D eigenvalue weighted by molar-refractivity contribution is -0.116. The van der Waals surface area contributed by atoms with E-state index in [1.807, 2.05) is 7.05 Å². The zero-order valence-electron chi connectivity index (χ0n) is 11.9. The first-order valence-electron chi connectivity index (χ1n) is 6.67. The Morgan fingerprint density at radius 3 is 3.00 bits per heavy atom. The van der Waals surface area contributed by atoms with Crippen molar-refractivity contribution in [3.63, 3.8) is 0 Å². The zero-order valence-corrected chi connectivity index (χ0v) is 12.7. The van der Waals surface area contributed by atoms with Crippen LogP contribution in [0.2, 0.25) is 0 Å². The molecule has 0 unspecified atom stereocenters. The second-order valence-corrected chi connectivity index (χ2v) is 5.64. The molecule has 0 aliphatic carbocycles. The number of amides is 1. The highest BCUT2D eigenvalue weighted by Crippen LogP contribution is 2.11. The van der Waals surface area contributed by atoms with Crippen molar-refractivity contribution in [2.24, 2.45) is 0 Å². The molecule has 5 heteroatoms. The molecule has 0 saturated heterocycles. The average Bonchev–Trinajstić information content (AvgIpc) is 2.98. The van der Waals surface area contributed by atoms with Gasteiger partial charge in [-0.25, -0.2) is 0 Å². The Labute approximate surface area is 128 Å². The number of rotatable bonds is 6. The zero-order chi connectivity index (χ0) is 15.1. The van der Waals surface area contributed by atoms with Crippen LogP contribution >= 0.6 is 11.3 Å². The van der Waals surface area contributed by atoms with Gasteiger partial charge in [0.25, 0.3) is 0 Å². The topological polar surface area (TPSA) is 56.1 Å². The molecular formula is C16H17N3OS. The minimum absolute atomic E-state index is 0.0396. The van der Waals surface area contributed by atoms with E-state index >= 15 is 0 Å². The Hall–Kier alpha value is -2.16. The second kappa shape index (κ2) is 7.58. The van der Waals surface area contributed by atoms with Crippen LogP contribution in [0.25, 0.3) is 0 Å². The molecular weight excluding hydrogens is 282 g/mol. The molecule has 1 aromatic heterocycles. The predicted molar refractivity (Wildman–Crippen MR) is 85.1 cm³/mol. The van der Waals surface area contributed by atoms with Crippen LogP contribution in [0.3, 0.4) is 0 Å². The van der Waals surface area contributed by atoms with Gasteiger partial charge >= 0.3 is 0 Å². The number of nitrogens with zero attached hydrogens (tertiary/aromatic N) is 2. The molecule has 1 heterocycles. The minimum atomic E-state index is -0.0396. The van der Waals surface area contributed by atoms with Gasteiger partial charge in [0.2, 0.25) is 5.91 Å². The third-order valence-corrected chi connectivity index (χ3v) is 3.76. The monoisotopic (exact) mass is 299 g/mol. The molecule has 0 bridgehead atoms. The Morgan fingerprint density at radius 1 is 1.43 bits per heavy atom. The van der Waals surface area contributed by atoms with Crippen molar-refractivity contribution in [2.45, 2.75) is 13.0 Å². The Morgan fingerprint density at radius 2 is 2.29 bits per heavy atom. The summed E-state index contributed by atoms with van der Waals surface area (Å²) in [6.07, 6.45) is 0.428. The molecule has 0 radical (unpaired) electrons. The van der Waals surface area contributed by atoms with Gasteiger partial charge in [0.15, 0.2) is 0 Å². The minimum Gasteiger partial charge on any atom is -0.326 e. The van der Waals surface area contributed by atoms with Gasteiger partial charge in [0.05, 0.1) is 11.6 Å². The lowest BCUT2D eigenvalue weighted by Gasteiger charge is -2.15. The number of anilines is 1. The first kappa shape index (κ1) is 15.2. The molecule has 21 heavy (non-hydrogen) atoms. The Bertz CT molecular complexity index is 631. The van der Waals surface area contributed by atoms with E-state index < -0.39 is 0 Å². The van der Waals surface area contributed by atoms with Gasteiger partial charge in [-0.1, -0.05) is 6.07 Å². The van der Waals surface area contributed by atoms with Crippen molar-refractivity contribution in [2.75, 3.05) is 18.9 Å². The fourth-order valence-electron chi connectivity index (χ4n) is 1.96. The summed E-state index contributed by atoms with van der Waals surface area (Å²) in [5.41, 5.74) is 2.48. The quantitative estimate of drug-likeness (QED) is 0.892. The Kier molecular flexibility index (Phi) is 5.50. The summed E-state index contributed by atoms with van der Waals surface area (Å²) < 4.78 is 0. The number of nitrogens with one attached hydrogen (secondary N) is 1. The van der Waals surface area contributed by atoms with Crippen molar-refractivity contribution >= 4 is 22.9 Å². The molecule has 2 aromatic rings. The molecule has 1 amide bonds. The smallest absolute Gasteiger partial charge is 0.225 e. The van der Waals surface area contributed by atoms with Crippen molar-refractivity contribution in [3.05, 3.63) is 52.2 Å². The summed E-state index contributed by atoms with van der Waals surface area (Å²) in [5, 5.41) is 15.8. The van der Waals surface area contributed by atoms with Crippen molar-refractivity contribution in [1.29, 1.82) is 5.26 Å². The number of thiophene rings is 1. The molecule has 2 rings (SSSR count). The first-order chi connectivity index (χ1) is 10.2. The third-order valence-electron chi connectivity index (χ3n) is 3.03. The summed E-state index contributed by atoms with van der Waals surface area (Å²) in [6.45, 7) is 1.54. The van der Waals surface area contributed by atoms with Gasteiger partial charge in [0.1, 0.15) is 0 Å². The number of carbonyl (C=O) groups excluding carboxylic acids is 1. The first-order valence-corrected chi connectivity index (χ1v) is 7.61. The number of hydrogen-bond acceptors (Lipinski definition) is 4. The van der Waals surface area contributed by atoms with Crippen LogP contribution in [0.15, 0.2) is 41.1 Å². The summed E-state index contributed by atoms with van der Waals surface area (Å²) in [6, 6.07) is 11.1. The summed E-state index contributed by atoms with van der Waals surface area (Å²) in [5.74, 6) is -0.0396. The SMILES string of the molecule is CN(CCC(=O)Nc1cccc(C#N)c1)Cc1ccsc1. The van der Waals surface area contributed by atoms with E-state index in [0.29, 0.717) is 24.2 Å². The van der Waals surface area contributed by atoms with Gasteiger partial charge in [-0.3, -0.25) is 4.79 Å². The third kappa shape index (κ3) is 5.03. The van der Waals surface area contributed by atoms with Gasteiger partial charge in [-0.05, 0) is 47.6 Å². The summed E-state index contributed by atoms with van der Waals surface area (Å²) in [7, 11) is 2.00. The fraction of sp³-hybridized carbons (Fsp3) is 0.250. The lowest BCUT2D eigenvalue weighted by Crippen LogP contribution is -2.23. The van der Waals surface area contributed by atoms with Crippen molar-refractivity contribution < 1.29 is 4.79 Å². The van der Waals surface area contributed by atoms with Crippen LogP contribution in [0.4, 0.5) is 5.69 Å². The van der Waals surface area contributed by atoms with E-state index in [-0.39, 0.29) is 5.91 Å². The van der Waals surface area contributed by atoms with Crippen molar-refractivity contribution in [3.8, 4) is 6.07 Å². The maximum atomic E-state index is 11.9. The maximum Gasteiger partial charge on any atom is 0.225 e. The highest BCUT2D eigenvalue weighted by molar-refractivity contribution is 7.07. The van der Waals surface area contributed by atoms with E-state index in [1.165, 1.54) is 5.56 Å². The van der Waals surface area contributed by atoms with E-state index in [4.69, 9.17) is 5.26 Å². The van der Waals surface area contributed by atoms with Gasteiger partial charge in [-0.2, -0.15) is 16.6 Å². The molecule has 108 valence electrons. The van der Waals surface area contributed by atoms with E-state index in [2.05, 4.69) is 33.1 Å². The van der Waals surface area contributed by atoms with Crippen LogP contribution in [0, 0.1) is 11.3 Å². The Balaban J connectivity index is 1.78. The van der Waals surface area contributed by atoms with E-state index in [1.54, 1.807) is 35.6 Å². The van der Waals surface area contributed by atoms with E-state index in [0.717, 1.165) is 6.54 Å². The van der Waals surface area contributed by atoms with Crippen LogP contribution < -0.4 is 5.32 Å². The molecule has 0 spiro atoms. The van der Waals surface area contributed by atoms with E-state index in [9.17, 15) is 4.79 Å². The molecule has 1 aromatic carbocycles. The van der Waals surface area contributed by atoms with Crippen molar-refractivity contribution in [1.82, 2.24) is 4.90 Å². The number of nitriles is 1. The molecule has 0 fully saturated rings.